The Hall–Kier alpha value is -0.900. The molecule has 0 fully saturated rings. The summed E-state index contributed by atoms with van der Waals surface area (Å²) in [5, 5.41) is 3.13. The largest absolute Gasteiger partial charge is 0.398 e. The van der Waals surface area contributed by atoms with Gasteiger partial charge in [0.05, 0.1) is 5.88 Å². The summed E-state index contributed by atoms with van der Waals surface area (Å²) >= 11 is 5.12. The van der Waals surface area contributed by atoms with Crippen molar-refractivity contribution in [2.24, 2.45) is 5.16 Å². The molecule has 0 aliphatic carbocycles. The second-order valence-corrected chi connectivity index (χ2v) is 1.60. The molecular weight excluding hydrogens is 158 g/mol. The minimum Gasteiger partial charge on any atom is -0.398 e. The number of carbonyl (C=O) groups is 2. The number of Topliss-reactive ketones (excluding diaryl/α,β-unsaturated/α-hetero) is 1. The van der Waals surface area contributed by atoms with Gasteiger partial charge in [-0.2, -0.15) is 0 Å². The molecule has 0 aliphatic rings. The van der Waals surface area contributed by atoms with Crippen LogP contribution in [-0.2, 0) is 14.4 Å². The number of rotatable bonds is 4. The van der Waals surface area contributed by atoms with Gasteiger partial charge < -0.3 is 4.84 Å². The van der Waals surface area contributed by atoms with Crippen LogP contribution in [0.2, 0.25) is 0 Å². The van der Waals surface area contributed by atoms with Gasteiger partial charge in [0.1, 0.15) is 7.11 Å². The van der Waals surface area contributed by atoms with Crippen LogP contribution < -0.4 is 0 Å². The van der Waals surface area contributed by atoms with Crippen LogP contribution in [0.15, 0.2) is 5.16 Å². The lowest BCUT2D eigenvalue weighted by Gasteiger charge is -1.90. The minimum absolute atomic E-state index is 0.263. The third-order valence-corrected chi connectivity index (χ3v) is 0.951. The molecule has 0 bridgehead atoms. The molecule has 0 aromatic heterocycles. The van der Waals surface area contributed by atoms with Gasteiger partial charge in [-0.15, -0.1) is 11.6 Å². The zero-order valence-electron chi connectivity index (χ0n) is 5.33. The Balaban J connectivity index is 4.20. The lowest BCUT2D eigenvalue weighted by atomic mass is 10.3. The Morgan fingerprint density at radius 1 is 1.80 bits per heavy atom. The normalized spacial score (nSPS) is 10.8. The quantitative estimate of drug-likeness (QED) is 0.193. The van der Waals surface area contributed by atoms with Crippen molar-refractivity contribution in [3.05, 3.63) is 0 Å². The molecule has 0 N–H and O–H groups in total. The number of hydrogen-bond donors (Lipinski definition) is 0. The van der Waals surface area contributed by atoms with Gasteiger partial charge in [-0.05, 0) is 0 Å². The molecule has 0 saturated heterocycles. The number of carbonyl (C=O) groups excluding carboxylic acids is 2. The van der Waals surface area contributed by atoms with Gasteiger partial charge in [0.15, 0.2) is 12.0 Å². The van der Waals surface area contributed by atoms with Crippen LogP contribution in [-0.4, -0.2) is 30.8 Å². The lowest BCUT2D eigenvalue weighted by molar-refractivity contribution is -0.112. The van der Waals surface area contributed by atoms with Crippen LogP contribution in [0.25, 0.3) is 0 Å². The highest BCUT2D eigenvalue weighted by Gasteiger charge is 2.08. The average molecular weight is 164 g/mol. The zero-order chi connectivity index (χ0) is 7.98. The maximum absolute atomic E-state index is 10.6. The smallest absolute Gasteiger partial charge is 0.202 e. The van der Waals surface area contributed by atoms with Crippen molar-refractivity contribution in [1.29, 1.82) is 0 Å². The van der Waals surface area contributed by atoms with Crippen molar-refractivity contribution in [3.63, 3.8) is 0 Å². The summed E-state index contributed by atoms with van der Waals surface area (Å²) < 4.78 is 0. The summed E-state index contributed by atoms with van der Waals surface area (Å²) in [6.45, 7) is 0. The molecule has 0 saturated carbocycles. The Morgan fingerprint density at radius 2 is 2.40 bits per heavy atom. The van der Waals surface area contributed by atoms with E-state index in [4.69, 9.17) is 11.6 Å². The molecule has 0 aromatic carbocycles. The summed E-state index contributed by atoms with van der Waals surface area (Å²) in [7, 11) is 1.24. The van der Waals surface area contributed by atoms with Gasteiger partial charge in [0, 0.05) is 0 Å². The summed E-state index contributed by atoms with van der Waals surface area (Å²) in [4.78, 5) is 24.8. The molecule has 0 rings (SSSR count). The Labute approximate surface area is 62.8 Å². The van der Waals surface area contributed by atoms with Gasteiger partial charge in [0.25, 0.3) is 0 Å². The van der Waals surface area contributed by atoms with Crippen molar-refractivity contribution in [3.8, 4) is 0 Å². The number of nitrogens with zero attached hydrogens (tertiary/aromatic N) is 1. The first-order chi connectivity index (χ1) is 4.76. The van der Waals surface area contributed by atoms with Gasteiger partial charge in [-0.25, -0.2) is 0 Å². The van der Waals surface area contributed by atoms with Crippen LogP contribution in [0.1, 0.15) is 0 Å². The standard InChI is InChI=1S/C5H6ClNO3/c1-10-7-4(3-8)5(9)2-6/h3H,2H2,1H3/b7-4+. The fourth-order valence-corrected chi connectivity index (χ4v) is 0.442. The van der Waals surface area contributed by atoms with Gasteiger partial charge in [0.2, 0.25) is 5.78 Å². The van der Waals surface area contributed by atoms with E-state index in [0.29, 0.717) is 6.29 Å². The Kier molecular flexibility index (Phi) is 4.49. The van der Waals surface area contributed by atoms with Crippen molar-refractivity contribution in [1.82, 2.24) is 0 Å². The molecule has 0 amide bonds. The van der Waals surface area contributed by atoms with Crippen molar-refractivity contribution < 1.29 is 14.4 Å². The van der Waals surface area contributed by atoms with Gasteiger partial charge >= 0.3 is 0 Å². The Morgan fingerprint density at radius 3 is 2.70 bits per heavy atom. The van der Waals surface area contributed by atoms with Crippen LogP contribution in [0.3, 0.4) is 0 Å². The summed E-state index contributed by atoms with van der Waals surface area (Å²) in [6, 6.07) is 0. The van der Waals surface area contributed by atoms with E-state index in [1.165, 1.54) is 7.11 Å². The monoisotopic (exact) mass is 163 g/mol. The highest BCUT2D eigenvalue weighted by Crippen LogP contribution is 1.83. The van der Waals surface area contributed by atoms with Crippen LogP contribution in [0, 0.1) is 0 Å². The fraction of sp³-hybridized carbons (Fsp3) is 0.400. The first kappa shape index (κ1) is 9.10. The maximum atomic E-state index is 10.6. The lowest BCUT2D eigenvalue weighted by Crippen LogP contribution is -2.16. The Bertz CT molecular complexity index is 166. The predicted molar refractivity (Wildman–Crippen MR) is 36.2 cm³/mol. The molecule has 0 heterocycles. The highest BCUT2D eigenvalue weighted by atomic mass is 35.5. The number of alkyl halides is 1. The summed E-state index contributed by atoms with van der Waals surface area (Å²) in [5.74, 6) is -0.806. The highest BCUT2D eigenvalue weighted by molar-refractivity contribution is 6.64. The third-order valence-electron chi connectivity index (χ3n) is 0.708. The molecular formula is C5H6ClNO3. The van der Waals surface area contributed by atoms with Gasteiger partial charge in [-0.1, -0.05) is 5.16 Å². The second-order valence-electron chi connectivity index (χ2n) is 1.33. The third kappa shape index (κ3) is 2.59. The van der Waals surface area contributed by atoms with E-state index in [1.807, 2.05) is 0 Å². The minimum atomic E-state index is -0.543. The van der Waals surface area contributed by atoms with E-state index in [0.717, 1.165) is 0 Å². The first-order valence-corrected chi connectivity index (χ1v) is 2.95. The molecule has 0 aromatic rings. The molecule has 4 nitrogen and oxygen atoms in total. The van der Waals surface area contributed by atoms with Crippen molar-refractivity contribution in [2.75, 3.05) is 13.0 Å². The SMILES string of the molecule is CO/N=C(\C=O)C(=O)CCl. The topological polar surface area (TPSA) is 55.7 Å². The maximum Gasteiger partial charge on any atom is 0.202 e. The van der Waals surface area contributed by atoms with E-state index in [9.17, 15) is 9.59 Å². The van der Waals surface area contributed by atoms with Crippen LogP contribution >= 0.6 is 11.6 Å². The van der Waals surface area contributed by atoms with E-state index < -0.39 is 5.78 Å². The molecule has 0 spiro atoms. The molecule has 56 valence electrons. The average Bonchev–Trinajstić information content (AvgIpc) is 1.99. The summed E-state index contributed by atoms with van der Waals surface area (Å²) in [6.07, 6.45) is 0.300. The number of oxime groups is 1. The second kappa shape index (κ2) is 4.93. The van der Waals surface area contributed by atoms with E-state index in [2.05, 4.69) is 9.99 Å². The number of hydrogen-bond acceptors (Lipinski definition) is 4. The van der Waals surface area contributed by atoms with Crippen molar-refractivity contribution in [2.45, 2.75) is 0 Å². The number of aldehydes is 1. The van der Waals surface area contributed by atoms with Crippen LogP contribution in [0.5, 0.6) is 0 Å². The van der Waals surface area contributed by atoms with E-state index >= 15 is 0 Å². The molecule has 5 heteroatoms. The van der Waals surface area contributed by atoms with Crippen LogP contribution in [0.4, 0.5) is 0 Å². The first-order valence-electron chi connectivity index (χ1n) is 2.41. The number of ketones is 1. The molecule has 0 atom stereocenters. The molecule has 10 heavy (non-hydrogen) atoms. The van der Waals surface area contributed by atoms with E-state index in [-0.39, 0.29) is 11.6 Å². The molecule has 0 unspecified atom stereocenters. The summed E-state index contributed by atoms with van der Waals surface area (Å²) in [5.41, 5.74) is -0.294. The van der Waals surface area contributed by atoms with E-state index in [1.54, 1.807) is 0 Å². The predicted octanol–water partition coefficient (Wildman–Crippen LogP) is -0.00440. The molecule has 0 aliphatic heterocycles. The molecule has 0 radical (unpaired) electrons. The zero-order valence-corrected chi connectivity index (χ0v) is 6.09. The fourth-order valence-electron chi connectivity index (χ4n) is 0.305. The van der Waals surface area contributed by atoms with Gasteiger partial charge in [-0.3, -0.25) is 9.59 Å². The number of halogens is 1. The van der Waals surface area contributed by atoms with Crippen molar-refractivity contribution >= 4 is 29.4 Å².